The van der Waals surface area contributed by atoms with Gasteiger partial charge in [0.1, 0.15) is 11.5 Å². The molecule has 0 saturated heterocycles. The third kappa shape index (κ3) is 2.40. The summed E-state index contributed by atoms with van der Waals surface area (Å²) in [6, 6.07) is 3.73. The Labute approximate surface area is 132 Å². The first-order valence-electron chi connectivity index (χ1n) is 7.30. The fourth-order valence-electron chi connectivity index (χ4n) is 2.64. The number of aryl methyl sites for hydroxylation is 1. The minimum atomic E-state index is -0.170. The van der Waals surface area contributed by atoms with E-state index in [1.54, 1.807) is 24.2 Å². The van der Waals surface area contributed by atoms with Crippen molar-refractivity contribution in [1.29, 1.82) is 0 Å². The second-order valence-corrected chi connectivity index (χ2v) is 5.37. The van der Waals surface area contributed by atoms with Crippen LogP contribution >= 0.6 is 0 Å². The summed E-state index contributed by atoms with van der Waals surface area (Å²) in [6.07, 6.45) is 5.32. The van der Waals surface area contributed by atoms with Gasteiger partial charge in [-0.3, -0.25) is 9.78 Å². The number of rotatable bonds is 2. The number of amides is 1. The van der Waals surface area contributed by atoms with Gasteiger partial charge in [-0.15, -0.1) is 0 Å². The zero-order chi connectivity index (χ0) is 15.8. The quantitative estimate of drug-likeness (QED) is 0.721. The van der Waals surface area contributed by atoms with Crippen LogP contribution in [-0.2, 0) is 13.0 Å². The van der Waals surface area contributed by atoms with Crippen LogP contribution < -0.4 is 0 Å². The predicted octanol–water partition coefficient (Wildman–Crippen LogP) is 2.23. The van der Waals surface area contributed by atoms with E-state index in [0.29, 0.717) is 31.1 Å². The average Bonchev–Trinajstić information content (AvgIpc) is 3.20. The van der Waals surface area contributed by atoms with E-state index in [-0.39, 0.29) is 11.7 Å². The summed E-state index contributed by atoms with van der Waals surface area (Å²) in [6.45, 7) is 2.72. The molecule has 0 aliphatic carbocycles. The number of aromatic nitrogens is 3. The van der Waals surface area contributed by atoms with Gasteiger partial charge in [-0.25, -0.2) is 9.97 Å². The second kappa shape index (κ2) is 5.35. The third-order valence-electron chi connectivity index (χ3n) is 3.86. The number of nitrogens with zero attached hydrogens (tertiary/aromatic N) is 4. The summed E-state index contributed by atoms with van der Waals surface area (Å²) in [5, 5.41) is 0. The van der Waals surface area contributed by atoms with Gasteiger partial charge in [-0.1, -0.05) is 0 Å². The molecular formula is C16H14N4O3. The lowest BCUT2D eigenvalue weighted by Gasteiger charge is -2.24. The van der Waals surface area contributed by atoms with Crippen molar-refractivity contribution in [1.82, 2.24) is 19.9 Å². The molecule has 0 atom stereocenters. The molecule has 0 saturated carbocycles. The van der Waals surface area contributed by atoms with Crippen LogP contribution in [0.5, 0.6) is 0 Å². The number of carbonyl (C=O) groups is 1. The monoisotopic (exact) mass is 310 g/mol. The predicted molar refractivity (Wildman–Crippen MR) is 79.4 cm³/mol. The van der Waals surface area contributed by atoms with Crippen molar-refractivity contribution >= 4 is 5.91 Å². The van der Waals surface area contributed by atoms with Gasteiger partial charge in [-0.2, -0.15) is 0 Å². The van der Waals surface area contributed by atoms with Crippen LogP contribution in [0.2, 0.25) is 0 Å². The molecule has 0 unspecified atom stereocenters. The molecule has 4 rings (SSSR count). The van der Waals surface area contributed by atoms with Crippen LogP contribution in [0.15, 0.2) is 39.8 Å². The number of fused-ring (bicyclic) bond motifs is 1. The molecule has 0 aromatic carbocycles. The van der Waals surface area contributed by atoms with Gasteiger partial charge in [0.25, 0.3) is 5.91 Å². The minimum Gasteiger partial charge on any atom is -0.441 e. The van der Waals surface area contributed by atoms with E-state index in [0.717, 1.165) is 17.0 Å². The SMILES string of the molecule is Cc1ncoc1C(=O)N1CCc2oc(-c3cccnc3)nc2C1. The van der Waals surface area contributed by atoms with Crippen molar-refractivity contribution in [3.8, 4) is 11.5 Å². The molecule has 0 spiro atoms. The summed E-state index contributed by atoms with van der Waals surface area (Å²) in [5.74, 6) is 1.47. The smallest absolute Gasteiger partial charge is 0.291 e. The van der Waals surface area contributed by atoms with Crippen molar-refractivity contribution in [2.75, 3.05) is 6.54 Å². The zero-order valence-corrected chi connectivity index (χ0v) is 12.5. The van der Waals surface area contributed by atoms with Crippen LogP contribution in [0.25, 0.3) is 11.5 Å². The summed E-state index contributed by atoms with van der Waals surface area (Å²) in [4.78, 5) is 26.7. The minimum absolute atomic E-state index is 0.170. The van der Waals surface area contributed by atoms with E-state index >= 15 is 0 Å². The molecule has 116 valence electrons. The highest BCUT2D eigenvalue weighted by atomic mass is 16.4. The lowest BCUT2D eigenvalue weighted by molar-refractivity contribution is 0.0694. The largest absolute Gasteiger partial charge is 0.441 e. The molecule has 7 heteroatoms. The van der Waals surface area contributed by atoms with Crippen LogP contribution in [0.4, 0.5) is 0 Å². The van der Waals surface area contributed by atoms with Gasteiger partial charge in [0, 0.05) is 25.4 Å². The van der Waals surface area contributed by atoms with E-state index in [1.807, 2.05) is 12.1 Å². The molecule has 1 aliphatic rings. The Bertz CT molecular complexity index is 853. The van der Waals surface area contributed by atoms with Crippen LogP contribution in [0.1, 0.15) is 27.7 Å². The Kier molecular flexibility index (Phi) is 3.18. The van der Waals surface area contributed by atoms with E-state index in [2.05, 4.69) is 15.0 Å². The average molecular weight is 310 g/mol. The molecule has 7 nitrogen and oxygen atoms in total. The molecule has 1 amide bonds. The topological polar surface area (TPSA) is 85.3 Å². The normalized spacial score (nSPS) is 13.9. The standard InChI is InChI=1S/C16H14N4O3/c1-10-14(22-9-18-10)16(21)20-6-4-13-12(8-20)19-15(23-13)11-3-2-5-17-7-11/h2-3,5,7,9H,4,6,8H2,1H3. The van der Waals surface area contributed by atoms with Gasteiger partial charge in [-0.05, 0) is 19.1 Å². The molecule has 0 N–H and O–H groups in total. The molecule has 23 heavy (non-hydrogen) atoms. The lowest BCUT2D eigenvalue weighted by atomic mass is 10.1. The highest BCUT2D eigenvalue weighted by Crippen LogP contribution is 2.26. The maximum Gasteiger partial charge on any atom is 0.291 e. The fraction of sp³-hybridized carbons (Fsp3) is 0.250. The Morgan fingerprint density at radius 1 is 1.39 bits per heavy atom. The van der Waals surface area contributed by atoms with E-state index in [9.17, 15) is 4.79 Å². The maximum atomic E-state index is 12.5. The highest BCUT2D eigenvalue weighted by molar-refractivity contribution is 5.92. The molecule has 0 bridgehead atoms. The first-order chi connectivity index (χ1) is 11.2. The number of pyridine rings is 1. The van der Waals surface area contributed by atoms with Gasteiger partial charge in [0.2, 0.25) is 11.7 Å². The van der Waals surface area contributed by atoms with Crippen LogP contribution in [0.3, 0.4) is 0 Å². The van der Waals surface area contributed by atoms with E-state index in [1.165, 1.54) is 6.39 Å². The molecule has 4 heterocycles. The first-order valence-corrected chi connectivity index (χ1v) is 7.30. The van der Waals surface area contributed by atoms with E-state index in [4.69, 9.17) is 8.83 Å². The molecule has 3 aromatic heterocycles. The van der Waals surface area contributed by atoms with Crippen molar-refractivity contribution in [2.45, 2.75) is 19.9 Å². The van der Waals surface area contributed by atoms with Crippen molar-refractivity contribution < 1.29 is 13.6 Å². The van der Waals surface area contributed by atoms with Crippen molar-refractivity contribution in [3.05, 3.63) is 53.8 Å². The summed E-state index contributed by atoms with van der Waals surface area (Å²) < 4.78 is 11.0. The molecule has 1 aliphatic heterocycles. The molecule has 0 fully saturated rings. The van der Waals surface area contributed by atoms with Crippen LogP contribution in [0, 0.1) is 6.92 Å². The van der Waals surface area contributed by atoms with Crippen molar-refractivity contribution in [2.24, 2.45) is 0 Å². The Hall–Kier alpha value is -2.96. The lowest BCUT2D eigenvalue weighted by Crippen LogP contribution is -2.35. The fourth-order valence-corrected chi connectivity index (χ4v) is 2.64. The van der Waals surface area contributed by atoms with Gasteiger partial charge in [0.15, 0.2) is 6.39 Å². The second-order valence-electron chi connectivity index (χ2n) is 5.37. The highest BCUT2D eigenvalue weighted by Gasteiger charge is 2.28. The van der Waals surface area contributed by atoms with Crippen molar-refractivity contribution in [3.63, 3.8) is 0 Å². The molecule has 3 aromatic rings. The molecule has 0 radical (unpaired) electrons. The summed E-state index contributed by atoms with van der Waals surface area (Å²) >= 11 is 0. The number of carbonyl (C=O) groups excluding carboxylic acids is 1. The Morgan fingerprint density at radius 2 is 2.30 bits per heavy atom. The van der Waals surface area contributed by atoms with Gasteiger partial charge < -0.3 is 13.7 Å². The first kappa shape index (κ1) is 13.7. The summed E-state index contributed by atoms with van der Waals surface area (Å²) in [7, 11) is 0. The summed E-state index contributed by atoms with van der Waals surface area (Å²) in [5.41, 5.74) is 2.20. The zero-order valence-electron chi connectivity index (χ0n) is 12.5. The Morgan fingerprint density at radius 3 is 3.04 bits per heavy atom. The Balaban J connectivity index is 1.59. The number of hydrogen-bond acceptors (Lipinski definition) is 6. The third-order valence-corrected chi connectivity index (χ3v) is 3.86. The van der Waals surface area contributed by atoms with Gasteiger partial charge in [0.05, 0.1) is 17.8 Å². The maximum absolute atomic E-state index is 12.5. The molecular weight excluding hydrogens is 296 g/mol. The number of hydrogen-bond donors (Lipinski definition) is 0. The van der Waals surface area contributed by atoms with Gasteiger partial charge >= 0.3 is 0 Å². The number of oxazole rings is 2. The van der Waals surface area contributed by atoms with Crippen LogP contribution in [-0.4, -0.2) is 32.3 Å². The van der Waals surface area contributed by atoms with E-state index < -0.39 is 0 Å².